The lowest BCUT2D eigenvalue weighted by Gasteiger charge is -2.09. The van der Waals surface area contributed by atoms with Gasteiger partial charge in [-0.1, -0.05) is 24.3 Å². The lowest BCUT2D eigenvalue weighted by molar-refractivity contribution is -0.138. The van der Waals surface area contributed by atoms with Crippen LogP contribution >= 0.6 is 0 Å². The van der Waals surface area contributed by atoms with E-state index in [2.05, 4.69) is 5.32 Å². The highest BCUT2D eigenvalue weighted by atomic mass is 19.1. The average Bonchev–Trinajstić information content (AvgIpc) is 2.58. The second-order valence-corrected chi connectivity index (χ2v) is 5.23. The summed E-state index contributed by atoms with van der Waals surface area (Å²) in [6.07, 6.45) is -0.233. The van der Waals surface area contributed by atoms with Crippen molar-refractivity contribution in [3.63, 3.8) is 0 Å². The lowest BCUT2D eigenvalue weighted by atomic mass is 10.2. The normalized spacial score (nSPS) is 10.2. The first-order chi connectivity index (χ1) is 11.5. The summed E-state index contributed by atoms with van der Waals surface area (Å²) in [6.45, 7) is 0.612. The summed E-state index contributed by atoms with van der Waals surface area (Å²) >= 11 is 0. The van der Waals surface area contributed by atoms with Gasteiger partial charge < -0.3 is 15.2 Å². The molecule has 126 valence electrons. The molecule has 0 atom stereocenters. The first-order valence-corrected chi connectivity index (χ1v) is 7.47. The third-order valence-corrected chi connectivity index (χ3v) is 3.27. The Kier molecular flexibility index (Phi) is 6.31. The van der Waals surface area contributed by atoms with Crippen LogP contribution in [0.5, 0.6) is 5.75 Å². The molecule has 0 aliphatic heterocycles. The summed E-state index contributed by atoms with van der Waals surface area (Å²) in [5.74, 6) is -0.965. The van der Waals surface area contributed by atoms with Gasteiger partial charge in [0.25, 0.3) is 0 Å². The molecule has 0 bridgehead atoms. The van der Waals surface area contributed by atoms with Crippen LogP contribution in [-0.4, -0.2) is 17.0 Å². The van der Waals surface area contributed by atoms with Gasteiger partial charge in [0, 0.05) is 13.0 Å². The van der Waals surface area contributed by atoms with Crippen molar-refractivity contribution in [2.75, 3.05) is 0 Å². The molecule has 0 aliphatic rings. The predicted molar refractivity (Wildman–Crippen MR) is 85.9 cm³/mol. The Bertz CT molecular complexity index is 700. The monoisotopic (exact) mass is 331 g/mol. The summed E-state index contributed by atoms with van der Waals surface area (Å²) in [4.78, 5) is 21.9. The third-order valence-electron chi connectivity index (χ3n) is 3.27. The van der Waals surface area contributed by atoms with Crippen LogP contribution in [0.2, 0.25) is 0 Å². The van der Waals surface area contributed by atoms with Gasteiger partial charge in [0.1, 0.15) is 18.2 Å². The van der Waals surface area contributed by atoms with E-state index >= 15 is 0 Å². The van der Waals surface area contributed by atoms with Crippen LogP contribution in [0.15, 0.2) is 48.5 Å². The number of carbonyl (C=O) groups is 2. The summed E-state index contributed by atoms with van der Waals surface area (Å²) in [7, 11) is 0. The maximum atomic E-state index is 12.8. The molecule has 0 heterocycles. The molecular formula is C18H18FNO4. The van der Waals surface area contributed by atoms with Gasteiger partial charge in [-0.25, -0.2) is 4.39 Å². The Morgan fingerprint density at radius 3 is 2.50 bits per heavy atom. The number of aliphatic carboxylic acids is 1. The van der Waals surface area contributed by atoms with Crippen LogP contribution in [0.1, 0.15) is 24.0 Å². The number of carboxylic acid groups (broad SMARTS) is 1. The van der Waals surface area contributed by atoms with E-state index in [-0.39, 0.29) is 24.6 Å². The van der Waals surface area contributed by atoms with Crippen molar-refractivity contribution >= 4 is 11.9 Å². The highest BCUT2D eigenvalue weighted by Crippen LogP contribution is 2.15. The number of hydrogen-bond donors (Lipinski definition) is 2. The molecule has 0 fully saturated rings. The molecule has 0 spiro atoms. The van der Waals surface area contributed by atoms with Gasteiger partial charge in [0.2, 0.25) is 5.91 Å². The number of rotatable bonds is 8. The fourth-order valence-corrected chi connectivity index (χ4v) is 2.00. The Hall–Kier alpha value is -2.89. The van der Waals surface area contributed by atoms with Gasteiger partial charge >= 0.3 is 5.97 Å². The van der Waals surface area contributed by atoms with Crippen molar-refractivity contribution in [1.29, 1.82) is 0 Å². The summed E-state index contributed by atoms with van der Waals surface area (Å²) in [5.41, 5.74) is 1.69. The first kappa shape index (κ1) is 17.5. The number of hydrogen-bond acceptors (Lipinski definition) is 3. The number of ether oxygens (including phenoxy) is 1. The van der Waals surface area contributed by atoms with Gasteiger partial charge in [-0.15, -0.1) is 0 Å². The molecule has 0 aliphatic carbocycles. The van der Waals surface area contributed by atoms with E-state index < -0.39 is 5.97 Å². The van der Waals surface area contributed by atoms with Crippen molar-refractivity contribution in [3.8, 4) is 5.75 Å². The van der Waals surface area contributed by atoms with Gasteiger partial charge in [0.05, 0.1) is 6.42 Å². The second-order valence-electron chi connectivity index (χ2n) is 5.23. The van der Waals surface area contributed by atoms with Crippen LogP contribution in [0.25, 0.3) is 0 Å². The third kappa shape index (κ3) is 6.08. The molecule has 2 rings (SSSR count). The summed E-state index contributed by atoms with van der Waals surface area (Å²) in [6, 6.07) is 13.3. The van der Waals surface area contributed by atoms with E-state index in [0.717, 1.165) is 11.1 Å². The van der Waals surface area contributed by atoms with Crippen LogP contribution < -0.4 is 10.1 Å². The number of nitrogens with one attached hydrogen (secondary N) is 1. The molecule has 0 saturated carbocycles. The average molecular weight is 331 g/mol. The largest absolute Gasteiger partial charge is 0.489 e. The topological polar surface area (TPSA) is 75.6 Å². The fourth-order valence-electron chi connectivity index (χ4n) is 2.00. The number of amides is 1. The highest BCUT2D eigenvalue weighted by Gasteiger charge is 2.05. The molecule has 6 heteroatoms. The minimum absolute atomic E-state index is 0.0455. The Morgan fingerprint density at radius 1 is 1.04 bits per heavy atom. The number of benzene rings is 2. The second kappa shape index (κ2) is 8.67. The van der Waals surface area contributed by atoms with Crippen LogP contribution in [0.4, 0.5) is 4.39 Å². The summed E-state index contributed by atoms with van der Waals surface area (Å²) in [5, 5.41) is 11.2. The molecule has 2 aromatic carbocycles. The minimum Gasteiger partial charge on any atom is -0.489 e. The number of carboxylic acids is 1. The van der Waals surface area contributed by atoms with E-state index in [1.54, 1.807) is 30.3 Å². The Morgan fingerprint density at radius 2 is 1.79 bits per heavy atom. The summed E-state index contributed by atoms with van der Waals surface area (Å²) < 4.78 is 18.5. The van der Waals surface area contributed by atoms with Crippen molar-refractivity contribution in [1.82, 2.24) is 5.32 Å². The zero-order valence-corrected chi connectivity index (χ0v) is 13.0. The van der Waals surface area contributed by atoms with Gasteiger partial charge in [-0.05, 0) is 35.4 Å². The van der Waals surface area contributed by atoms with E-state index in [0.29, 0.717) is 18.9 Å². The molecule has 24 heavy (non-hydrogen) atoms. The highest BCUT2D eigenvalue weighted by molar-refractivity contribution is 5.80. The molecule has 0 unspecified atom stereocenters. The van der Waals surface area contributed by atoms with Gasteiger partial charge in [-0.2, -0.15) is 0 Å². The van der Waals surface area contributed by atoms with E-state index in [4.69, 9.17) is 9.84 Å². The van der Waals surface area contributed by atoms with Crippen molar-refractivity contribution < 1.29 is 23.8 Å². The van der Waals surface area contributed by atoms with E-state index in [9.17, 15) is 14.0 Å². The maximum absolute atomic E-state index is 12.8. The van der Waals surface area contributed by atoms with Crippen molar-refractivity contribution in [3.05, 3.63) is 65.5 Å². The molecule has 2 N–H and O–H groups in total. The van der Waals surface area contributed by atoms with Gasteiger partial charge in [-0.3, -0.25) is 9.59 Å². The zero-order chi connectivity index (χ0) is 17.4. The van der Waals surface area contributed by atoms with E-state index in [1.165, 1.54) is 12.1 Å². The smallest absolute Gasteiger partial charge is 0.303 e. The Balaban J connectivity index is 1.83. The fraction of sp³-hybridized carbons (Fsp3) is 0.222. The number of halogens is 1. The molecule has 1 amide bonds. The molecular weight excluding hydrogens is 313 g/mol. The van der Waals surface area contributed by atoms with Gasteiger partial charge in [0.15, 0.2) is 0 Å². The quantitative estimate of drug-likeness (QED) is 0.780. The zero-order valence-electron chi connectivity index (χ0n) is 13.0. The SMILES string of the molecule is O=C(O)CCC(=O)NCc1cccc(OCc2ccc(F)cc2)c1. The van der Waals surface area contributed by atoms with Crippen molar-refractivity contribution in [2.45, 2.75) is 26.0 Å². The van der Waals surface area contributed by atoms with E-state index in [1.807, 2.05) is 6.07 Å². The maximum Gasteiger partial charge on any atom is 0.303 e. The van der Waals surface area contributed by atoms with Crippen LogP contribution in [0, 0.1) is 5.82 Å². The van der Waals surface area contributed by atoms with Crippen molar-refractivity contribution in [2.24, 2.45) is 0 Å². The molecule has 0 aromatic heterocycles. The molecule has 5 nitrogen and oxygen atoms in total. The number of carbonyl (C=O) groups excluding carboxylic acids is 1. The van der Waals surface area contributed by atoms with Crippen LogP contribution in [0.3, 0.4) is 0 Å². The van der Waals surface area contributed by atoms with Crippen LogP contribution in [-0.2, 0) is 22.7 Å². The first-order valence-electron chi connectivity index (χ1n) is 7.47. The Labute approximate surface area is 139 Å². The standard InChI is InChI=1S/C18H18FNO4/c19-15-6-4-13(5-7-15)12-24-16-3-1-2-14(10-16)11-20-17(21)8-9-18(22)23/h1-7,10H,8-9,11-12H2,(H,20,21)(H,22,23). The predicted octanol–water partition coefficient (Wildman–Crippen LogP) is 2.89. The minimum atomic E-state index is -0.999. The molecule has 2 aromatic rings. The lowest BCUT2D eigenvalue weighted by Crippen LogP contribution is -2.23. The molecule has 0 saturated heterocycles. The molecule has 0 radical (unpaired) electrons.